The summed E-state index contributed by atoms with van der Waals surface area (Å²) in [5, 5.41) is 15.6. The van der Waals surface area contributed by atoms with Crippen LogP contribution in [0.5, 0.6) is 0 Å². The molecule has 2 rings (SSSR count). The topological polar surface area (TPSA) is 126 Å². The first-order valence-electron chi connectivity index (χ1n) is 5.95. The van der Waals surface area contributed by atoms with Crippen molar-refractivity contribution < 1.29 is 4.79 Å². The van der Waals surface area contributed by atoms with Crippen LogP contribution in [0.4, 0.5) is 10.6 Å². The maximum absolute atomic E-state index is 12.3. The highest BCUT2D eigenvalue weighted by molar-refractivity contribution is 5.88. The lowest BCUT2D eigenvalue weighted by atomic mass is 10.2. The van der Waals surface area contributed by atoms with E-state index in [0.717, 1.165) is 4.68 Å². The number of anilines is 1. The molecule has 0 spiro atoms. The Morgan fingerprint density at radius 3 is 2.62 bits per heavy atom. The minimum absolute atomic E-state index is 0.0814. The quantitative estimate of drug-likeness (QED) is 0.418. The van der Waals surface area contributed by atoms with E-state index in [1.807, 2.05) is 11.5 Å². The molecule has 0 atom stereocenters. The van der Waals surface area contributed by atoms with Crippen LogP contribution in [0, 0.1) is 18.3 Å². The molecule has 1 aromatic heterocycles. The molecule has 0 saturated carbocycles. The zero-order chi connectivity index (χ0) is 15.4. The maximum atomic E-state index is 12.3. The molecule has 0 aliphatic heterocycles. The molecule has 0 saturated heterocycles. The molecule has 8 heteroatoms. The zero-order valence-corrected chi connectivity index (χ0v) is 11.1. The Hall–Kier alpha value is -3.18. The van der Waals surface area contributed by atoms with Gasteiger partial charge in [-0.3, -0.25) is 15.5 Å². The van der Waals surface area contributed by atoms with Gasteiger partial charge in [-0.1, -0.05) is 18.2 Å². The number of carbonyl (C=O) groups is 1. The van der Waals surface area contributed by atoms with Crippen LogP contribution in [0.15, 0.2) is 35.1 Å². The number of nitrogens with one attached hydrogen (secondary N) is 2. The lowest BCUT2D eigenvalue weighted by Gasteiger charge is -2.11. The number of hydrogen-bond donors (Lipinski definition) is 3. The molecule has 2 aromatic rings. The predicted octanol–water partition coefficient (Wildman–Crippen LogP) is 0.408. The first kappa shape index (κ1) is 14.2. The van der Waals surface area contributed by atoms with Gasteiger partial charge >= 0.3 is 6.03 Å². The second-order valence-corrected chi connectivity index (χ2v) is 4.11. The van der Waals surface area contributed by atoms with E-state index in [0.29, 0.717) is 5.69 Å². The Bertz CT molecular complexity index is 776. The van der Waals surface area contributed by atoms with Crippen molar-refractivity contribution in [3.63, 3.8) is 0 Å². The lowest BCUT2D eigenvalue weighted by Crippen LogP contribution is -2.36. The van der Waals surface area contributed by atoms with Gasteiger partial charge in [-0.15, -0.1) is 5.10 Å². The average molecular weight is 284 g/mol. The van der Waals surface area contributed by atoms with Gasteiger partial charge in [0.25, 0.3) is 5.56 Å². The van der Waals surface area contributed by atoms with E-state index in [9.17, 15) is 9.59 Å². The zero-order valence-electron chi connectivity index (χ0n) is 11.1. The molecule has 0 aliphatic rings. The van der Waals surface area contributed by atoms with E-state index >= 15 is 0 Å². The summed E-state index contributed by atoms with van der Waals surface area (Å²) < 4.78 is 1.05. The van der Waals surface area contributed by atoms with Crippen molar-refractivity contribution in [2.75, 3.05) is 5.32 Å². The Balaban J connectivity index is 2.67. The summed E-state index contributed by atoms with van der Waals surface area (Å²) in [6.07, 6.45) is 0. The van der Waals surface area contributed by atoms with E-state index in [4.69, 9.17) is 11.1 Å². The van der Waals surface area contributed by atoms with Gasteiger partial charge in [0.05, 0.1) is 5.69 Å². The third-order valence-electron chi connectivity index (χ3n) is 2.81. The number of nitrogens with two attached hydrogens (primary N) is 1. The van der Waals surface area contributed by atoms with Gasteiger partial charge in [-0.25, -0.2) is 10.6 Å². The van der Waals surface area contributed by atoms with Gasteiger partial charge in [0, 0.05) is 5.56 Å². The second kappa shape index (κ2) is 5.85. The number of hydrazine groups is 1. The van der Waals surface area contributed by atoms with Crippen molar-refractivity contribution in [2.45, 2.75) is 6.92 Å². The fraction of sp³-hybridized carbons (Fsp3) is 0.0769. The van der Waals surface area contributed by atoms with Crippen LogP contribution in [-0.2, 0) is 0 Å². The fourth-order valence-electron chi connectivity index (χ4n) is 1.74. The number of rotatable bonds is 2. The molecule has 0 radical (unpaired) electrons. The smallest absolute Gasteiger partial charge is 0.290 e. The molecule has 4 N–H and O–H groups in total. The maximum Gasteiger partial charge on any atom is 0.334 e. The summed E-state index contributed by atoms with van der Waals surface area (Å²) in [6.45, 7) is 1.52. The number of nitrogens with zero attached hydrogens (tertiary/aromatic N) is 3. The van der Waals surface area contributed by atoms with E-state index in [-0.39, 0.29) is 16.9 Å². The number of para-hydroxylation sites is 1. The van der Waals surface area contributed by atoms with Crippen molar-refractivity contribution in [2.24, 2.45) is 5.84 Å². The third-order valence-corrected chi connectivity index (χ3v) is 2.81. The van der Waals surface area contributed by atoms with Gasteiger partial charge in [-0.2, -0.15) is 9.94 Å². The van der Waals surface area contributed by atoms with Gasteiger partial charge in [0.15, 0.2) is 5.82 Å². The number of benzene rings is 1. The SMILES string of the molecule is Cc1c(NC(=O)NN)nn(-c2ccccc2)c(=O)c1C#N. The summed E-state index contributed by atoms with van der Waals surface area (Å²) in [7, 11) is 0. The van der Waals surface area contributed by atoms with Crippen molar-refractivity contribution in [1.82, 2.24) is 15.2 Å². The number of aromatic nitrogens is 2. The molecule has 0 bridgehead atoms. The van der Waals surface area contributed by atoms with Crippen LogP contribution in [0.25, 0.3) is 5.69 Å². The van der Waals surface area contributed by atoms with E-state index in [2.05, 4.69) is 10.4 Å². The Kier molecular flexibility index (Phi) is 3.97. The van der Waals surface area contributed by atoms with Crippen LogP contribution in [0.1, 0.15) is 11.1 Å². The van der Waals surface area contributed by atoms with Crippen LogP contribution < -0.4 is 22.1 Å². The number of amides is 2. The highest BCUT2D eigenvalue weighted by Crippen LogP contribution is 2.14. The van der Waals surface area contributed by atoms with Crippen LogP contribution in [0.2, 0.25) is 0 Å². The molecule has 1 heterocycles. The summed E-state index contributed by atoms with van der Waals surface area (Å²) in [5.74, 6) is 5.08. The first-order valence-corrected chi connectivity index (χ1v) is 5.95. The van der Waals surface area contributed by atoms with Crippen LogP contribution >= 0.6 is 0 Å². The van der Waals surface area contributed by atoms with E-state index < -0.39 is 11.6 Å². The first-order chi connectivity index (χ1) is 10.1. The molecule has 106 valence electrons. The molecule has 1 aromatic carbocycles. The van der Waals surface area contributed by atoms with Crippen molar-refractivity contribution in [3.05, 3.63) is 51.8 Å². The fourth-order valence-corrected chi connectivity index (χ4v) is 1.74. The molecule has 8 nitrogen and oxygen atoms in total. The summed E-state index contributed by atoms with van der Waals surface area (Å²) in [5.41, 5.74) is 2.00. The largest absolute Gasteiger partial charge is 0.334 e. The molecule has 0 unspecified atom stereocenters. The molecular formula is C13H12N6O2. The van der Waals surface area contributed by atoms with Crippen molar-refractivity contribution in [3.8, 4) is 11.8 Å². The Morgan fingerprint density at radius 2 is 2.05 bits per heavy atom. The average Bonchev–Trinajstić information content (AvgIpc) is 2.51. The summed E-state index contributed by atoms with van der Waals surface area (Å²) in [4.78, 5) is 23.6. The van der Waals surface area contributed by atoms with E-state index in [1.54, 1.807) is 30.3 Å². The molecule has 0 fully saturated rings. The Morgan fingerprint density at radius 1 is 1.38 bits per heavy atom. The highest BCUT2D eigenvalue weighted by Gasteiger charge is 2.16. The normalized spacial score (nSPS) is 9.76. The number of hydrogen-bond acceptors (Lipinski definition) is 5. The Labute approximate surface area is 119 Å². The number of urea groups is 1. The van der Waals surface area contributed by atoms with Crippen molar-refractivity contribution >= 4 is 11.8 Å². The van der Waals surface area contributed by atoms with Gasteiger partial charge in [0.2, 0.25) is 0 Å². The standard InChI is InChI=1S/C13H12N6O2/c1-8-10(7-14)12(20)19(9-5-3-2-4-6-9)18-11(8)16-13(21)17-15/h2-6H,15H2,1H3,(H2,16,17,18,21). The molecule has 2 amide bonds. The van der Waals surface area contributed by atoms with E-state index in [1.165, 1.54) is 6.92 Å². The van der Waals surface area contributed by atoms with Crippen LogP contribution in [-0.4, -0.2) is 15.8 Å². The predicted molar refractivity (Wildman–Crippen MR) is 75.6 cm³/mol. The number of carbonyl (C=O) groups excluding carboxylic acids is 1. The third kappa shape index (κ3) is 2.72. The number of nitriles is 1. The highest BCUT2D eigenvalue weighted by atomic mass is 16.2. The molecule has 0 aliphatic carbocycles. The minimum Gasteiger partial charge on any atom is -0.290 e. The monoisotopic (exact) mass is 284 g/mol. The van der Waals surface area contributed by atoms with Crippen LogP contribution in [0.3, 0.4) is 0 Å². The van der Waals surface area contributed by atoms with Gasteiger partial charge in [0.1, 0.15) is 11.6 Å². The van der Waals surface area contributed by atoms with Crippen molar-refractivity contribution in [1.29, 1.82) is 5.26 Å². The van der Waals surface area contributed by atoms with Gasteiger partial charge in [-0.05, 0) is 19.1 Å². The summed E-state index contributed by atoms with van der Waals surface area (Å²) in [6, 6.07) is 9.71. The minimum atomic E-state index is -0.701. The summed E-state index contributed by atoms with van der Waals surface area (Å²) >= 11 is 0. The molecule has 21 heavy (non-hydrogen) atoms. The van der Waals surface area contributed by atoms with Gasteiger partial charge < -0.3 is 0 Å². The molecular weight excluding hydrogens is 272 g/mol. The lowest BCUT2D eigenvalue weighted by molar-refractivity contribution is 0.252. The second-order valence-electron chi connectivity index (χ2n) is 4.11.